The van der Waals surface area contributed by atoms with Crippen molar-refractivity contribution in [3.63, 3.8) is 0 Å². The Morgan fingerprint density at radius 3 is 2.55 bits per heavy atom. The summed E-state index contributed by atoms with van der Waals surface area (Å²) in [6.07, 6.45) is -1.28. The fourth-order valence-electron chi connectivity index (χ4n) is 2.98. The Balaban J connectivity index is 2.17. The topological polar surface area (TPSA) is 29.3 Å². The standard InChI is InChI=1S/C16H24F2N2/c1-11-6-7-20(10-12(11)2)15(9-19)13-4-3-5-14(8-13)16(17)18/h3-5,8,11-12,15-16H,6-7,9-10,19H2,1-2H3. The number of hydrogen-bond donors (Lipinski definition) is 1. The second-order valence-corrected chi connectivity index (χ2v) is 5.96. The van der Waals surface area contributed by atoms with Crippen LogP contribution in [0.15, 0.2) is 24.3 Å². The number of alkyl halides is 2. The quantitative estimate of drug-likeness (QED) is 0.914. The van der Waals surface area contributed by atoms with Gasteiger partial charge in [-0.1, -0.05) is 32.0 Å². The first-order valence-corrected chi connectivity index (χ1v) is 7.35. The molecule has 0 aliphatic carbocycles. The Morgan fingerprint density at radius 2 is 1.95 bits per heavy atom. The van der Waals surface area contributed by atoms with Gasteiger partial charge in [0, 0.05) is 24.7 Å². The Morgan fingerprint density at radius 1 is 1.25 bits per heavy atom. The van der Waals surface area contributed by atoms with Gasteiger partial charge in [-0.3, -0.25) is 4.90 Å². The van der Waals surface area contributed by atoms with Gasteiger partial charge in [-0.05, 0) is 36.4 Å². The lowest BCUT2D eigenvalue weighted by molar-refractivity contribution is 0.0979. The average Bonchev–Trinajstić information content (AvgIpc) is 2.44. The van der Waals surface area contributed by atoms with Gasteiger partial charge < -0.3 is 5.73 Å². The molecule has 0 spiro atoms. The van der Waals surface area contributed by atoms with Crippen LogP contribution < -0.4 is 5.73 Å². The molecule has 4 heteroatoms. The van der Waals surface area contributed by atoms with Gasteiger partial charge in [-0.2, -0.15) is 0 Å². The van der Waals surface area contributed by atoms with Crippen LogP contribution in [0.5, 0.6) is 0 Å². The van der Waals surface area contributed by atoms with Crippen molar-refractivity contribution < 1.29 is 8.78 Å². The third-order valence-corrected chi connectivity index (χ3v) is 4.58. The number of nitrogens with two attached hydrogens (primary N) is 1. The minimum atomic E-state index is -2.42. The molecule has 0 aromatic heterocycles. The molecular formula is C16H24F2N2. The van der Waals surface area contributed by atoms with Gasteiger partial charge in [-0.25, -0.2) is 8.78 Å². The van der Waals surface area contributed by atoms with E-state index in [-0.39, 0.29) is 11.6 Å². The van der Waals surface area contributed by atoms with Crippen molar-refractivity contribution >= 4 is 0 Å². The van der Waals surface area contributed by atoms with E-state index in [1.54, 1.807) is 12.1 Å². The molecule has 3 atom stereocenters. The van der Waals surface area contributed by atoms with E-state index in [4.69, 9.17) is 5.73 Å². The number of likely N-dealkylation sites (tertiary alicyclic amines) is 1. The van der Waals surface area contributed by atoms with Gasteiger partial charge in [-0.15, -0.1) is 0 Å². The zero-order chi connectivity index (χ0) is 14.7. The van der Waals surface area contributed by atoms with Crippen LogP contribution in [-0.2, 0) is 0 Å². The summed E-state index contributed by atoms with van der Waals surface area (Å²) in [6, 6.07) is 6.73. The van der Waals surface area contributed by atoms with Gasteiger partial charge in [0.25, 0.3) is 6.43 Å². The van der Waals surface area contributed by atoms with Crippen LogP contribution in [0.1, 0.15) is 43.9 Å². The summed E-state index contributed by atoms with van der Waals surface area (Å²) in [7, 11) is 0. The second kappa shape index (κ2) is 6.64. The van der Waals surface area contributed by atoms with Crippen LogP contribution in [0.2, 0.25) is 0 Å². The van der Waals surface area contributed by atoms with E-state index in [0.29, 0.717) is 12.5 Å². The predicted molar refractivity (Wildman–Crippen MR) is 77.7 cm³/mol. The van der Waals surface area contributed by atoms with Gasteiger partial charge in [0.15, 0.2) is 0 Å². The lowest BCUT2D eigenvalue weighted by Crippen LogP contribution is -2.43. The summed E-state index contributed by atoms with van der Waals surface area (Å²) in [4.78, 5) is 2.34. The third kappa shape index (κ3) is 3.36. The molecule has 1 aliphatic heterocycles. The summed E-state index contributed by atoms with van der Waals surface area (Å²) in [6.45, 7) is 6.97. The Kier molecular flexibility index (Phi) is 5.11. The van der Waals surface area contributed by atoms with Crippen LogP contribution >= 0.6 is 0 Å². The van der Waals surface area contributed by atoms with Crippen molar-refractivity contribution in [2.24, 2.45) is 17.6 Å². The van der Waals surface area contributed by atoms with Crippen LogP contribution in [0, 0.1) is 11.8 Å². The molecule has 2 nitrogen and oxygen atoms in total. The molecule has 0 bridgehead atoms. The van der Waals surface area contributed by atoms with E-state index in [9.17, 15) is 8.78 Å². The number of halogens is 2. The maximum absolute atomic E-state index is 12.8. The van der Waals surface area contributed by atoms with Crippen LogP contribution in [0.4, 0.5) is 8.78 Å². The monoisotopic (exact) mass is 282 g/mol. The Bertz CT molecular complexity index is 436. The first kappa shape index (κ1) is 15.4. The predicted octanol–water partition coefficient (Wildman–Crippen LogP) is 3.60. The lowest BCUT2D eigenvalue weighted by atomic mass is 9.87. The minimum Gasteiger partial charge on any atom is -0.329 e. The number of rotatable bonds is 4. The van der Waals surface area contributed by atoms with E-state index < -0.39 is 6.43 Å². The highest BCUT2D eigenvalue weighted by Gasteiger charge is 2.28. The van der Waals surface area contributed by atoms with Crippen molar-refractivity contribution in [3.05, 3.63) is 35.4 Å². The molecule has 1 fully saturated rings. The van der Waals surface area contributed by atoms with E-state index in [2.05, 4.69) is 18.7 Å². The molecule has 2 N–H and O–H groups in total. The molecule has 2 rings (SSSR count). The largest absolute Gasteiger partial charge is 0.329 e. The SMILES string of the molecule is CC1CCN(C(CN)c2cccc(C(F)F)c2)CC1C. The fourth-order valence-corrected chi connectivity index (χ4v) is 2.98. The molecule has 1 aliphatic rings. The lowest BCUT2D eigenvalue weighted by Gasteiger charge is -2.40. The molecule has 112 valence electrons. The zero-order valence-electron chi connectivity index (χ0n) is 12.2. The molecule has 3 unspecified atom stereocenters. The number of benzene rings is 1. The average molecular weight is 282 g/mol. The summed E-state index contributed by atoms with van der Waals surface area (Å²) >= 11 is 0. The highest BCUT2D eigenvalue weighted by atomic mass is 19.3. The van der Waals surface area contributed by atoms with Gasteiger partial charge in [0.1, 0.15) is 0 Å². The minimum absolute atomic E-state index is 0.0450. The molecule has 0 amide bonds. The first-order chi connectivity index (χ1) is 9.52. The zero-order valence-corrected chi connectivity index (χ0v) is 12.2. The molecule has 1 heterocycles. The van der Waals surface area contributed by atoms with Crippen LogP contribution in [0.25, 0.3) is 0 Å². The molecule has 0 radical (unpaired) electrons. The van der Waals surface area contributed by atoms with Crippen molar-refractivity contribution in [2.75, 3.05) is 19.6 Å². The summed E-state index contributed by atoms with van der Waals surface area (Å²) in [5.41, 5.74) is 6.90. The Labute approximate surface area is 120 Å². The van der Waals surface area contributed by atoms with Crippen molar-refractivity contribution in [2.45, 2.75) is 32.7 Å². The summed E-state index contributed by atoms with van der Waals surface area (Å²) in [5, 5.41) is 0. The van der Waals surface area contributed by atoms with Crippen LogP contribution in [-0.4, -0.2) is 24.5 Å². The van der Waals surface area contributed by atoms with E-state index >= 15 is 0 Å². The number of hydrogen-bond acceptors (Lipinski definition) is 2. The number of nitrogens with zero attached hydrogens (tertiary/aromatic N) is 1. The second-order valence-electron chi connectivity index (χ2n) is 5.96. The molecule has 0 saturated carbocycles. The highest BCUT2D eigenvalue weighted by Crippen LogP contribution is 2.30. The number of piperidine rings is 1. The molecule has 1 aromatic rings. The molecule has 1 saturated heterocycles. The normalized spacial score (nSPS) is 25.9. The first-order valence-electron chi connectivity index (χ1n) is 7.35. The maximum Gasteiger partial charge on any atom is 0.263 e. The Hall–Kier alpha value is -1.00. The van der Waals surface area contributed by atoms with E-state index in [1.807, 2.05) is 6.07 Å². The van der Waals surface area contributed by atoms with Crippen molar-refractivity contribution in [1.29, 1.82) is 0 Å². The molecule has 20 heavy (non-hydrogen) atoms. The van der Waals surface area contributed by atoms with Crippen molar-refractivity contribution in [1.82, 2.24) is 4.90 Å². The highest BCUT2D eigenvalue weighted by molar-refractivity contribution is 5.27. The van der Waals surface area contributed by atoms with Gasteiger partial charge >= 0.3 is 0 Å². The third-order valence-electron chi connectivity index (χ3n) is 4.58. The van der Waals surface area contributed by atoms with E-state index in [0.717, 1.165) is 31.0 Å². The maximum atomic E-state index is 12.8. The summed E-state index contributed by atoms with van der Waals surface area (Å²) in [5.74, 6) is 1.34. The fraction of sp³-hybridized carbons (Fsp3) is 0.625. The molecular weight excluding hydrogens is 258 g/mol. The molecule has 1 aromatic carbocycles. The smallest absolute Gasteiger partial charge is 0.263 e. The van der Waals surface area contributed by atoms with Gasteiger partial charge in [0.2, 0.25) is 0 Å². The van der Waals surface area contributed by atoms with E-state index in [1.165, 1.54) is 6.07 Å². The summed E-state index contributed by atoms with van der Waals surface area (Å²) < 4.78 is 25.7. The van der Waals surface area contributed by atoms with Gasteiger partial charge in [0.05, 0.1) is 0 Å². The van der Waals surface area contributed by atoms with Crippen molar-refractivity contribution in [3.8, 4) is 0 Å². The van der Waals surface area contributed by atoms with Crippen LogP contribution in [0.3, 0.4) is 0 Å².